The van der Waals surface area contributed by atoms with Crippen molar-refractivity contribution in [3.8, 4) is 0 Å². The normalized spacial score (nSPS) is 21.1. The largest absolute Gasteiger partial charge is 0.356 e. The number of pyridine rings is 1. The number of fused-ring (bicyclic) bond motifs is 1. The van der Waals surface area contributed by atoms with Crippen molar-refractivity contribution in [1.82, 2.24) is 31.6 Å². The minimum Gasteiger partial charge on any atom is -0.356 e. The Morgan fingerprint density at radius 3 is 2.20 bits per heavy atom. The first-order valence-corrected chi connectivity index (χ1v) is 20.3. The van der Waals surface area contributed by atoms with E-state index in [-0.39, 0.29) is 61.3 Å². The Morgan fingerprint density at radius 1 is 0.768 bits per heavy atom. The van der Waals surface area contributed by atoms with Crippen molar-refractivity contribution in [2.45, 2.75) is 108 Å². The van der Waals surface area contributed by atoms with Crippen molar-refractivity contribution >= 4 is 52.0 Å². The maximum Gasteiger partial charge on any atom is 0.253 e. The molecule has 56 heavy (non-hydrogen) atoms. The number of anilines is 1. The van der Waals surface area contributed by atoms with E-state index >= 15 is 0 Å². The first-order valence-electron chi connectivity index (χ1n) is 20.3. The molecule has 6 N–H and O–H groups in total. The molecule has 3 aliphatic rings. The van der Waals surface area contributed by atoms with Crippen LogP contribution in [0, 0.1) is 11.3 Å². The third kappa shape index (κ3) is 11.4. The number of nitrogens with zero attached hydrogens (tertiary/aromatic N) is 1. The van der Waals surface area contributed by atoms with Gasteiger partial charge in [-0.25, -0.2) is 0 Å². The second-order valence-corrected chi connectivity index (χ2v) is 15.8. The first kappa shape index (κ1) is 40.3. The summed E-state index contributed by atoms with van der Waals surface area (Å²) in [6.07, 6.45) is 12.6. The molecule has 0 unspecified atom stereocenters. The van der Waals surface area contributed by atoms with Crippen LogP contribution in [0.3, 0.4) is 0 Å². The van der Waals surface area contributed by atoms with Gasteiger partial charge in [0, 0.05) is 49.6 Å². The fourth-order valence-electron chi connectivity index (χ4n) is 8.44. The minimum atomic E-state index is -0.975. The molecule has 298 valence electrons. The summed E-state index contributed by atoms with van der Waals surface area (Å²) in [5.41, 5.74) is 1.97. The molecule has 2 aliphatic carbocycles. The summed E-state index contributed by atoms with van der Waals surface area (Å²) in [6.45, 7) is 0.800. The Hall–Kier alpha value is -5.33. The van der Waals surface area contributed by atoms with Crippen LogP contribution >= 0.6 is 0 Å². The summed E-state index contributed by atoms with van der Waals surface area (Å²) in [7, 11) is 0. The topological polar surface area (TPSA) is 187 Å². The van der Waals surface area contributed by atoms with Crippen molar-refractivity contribution in [3.63, 3.8) is 0 Å². The van der Waals surface area contributed by atoms with Crippen LogP contribution in [0.25, 0.3) is 10.9 Å². The van der Waals surface area contributed by atoms with E-state index < -0.39 is 23.4 Å². The molecule has 2 aromatic carbocycles. The molecule has 0 bridgehead atoms. The van der Waals surface area contributed by atoms with Crippen molar-refractivity contribution < 1.29 is 28.8 Å². The number of nitrogens with one attached hydrogen (secondary N) is 6. The summed E-state index contributed by atoms with van der Waals surface area (Å²) in [4.78, 5) is 84.2. The highest BCUT2D eigenvalue weighted by Gasteiger charge is 2.39. The second-order valence-electron chi connectivity index (χ2n) is 15.8. The lowest BCUT2D eigenvalue weighted by Gasteiger charge is -2.30. The lowest BCUT2D eigenvalue weighted by molar-refractivity contribution is -0.132. The van der Waals surface area contributed by atoms with Gasteiger partial charge in [-0.2, -0.15) is 0 Å². The summed E-state index contributed by atoms with van der Waals surface area (Å²) in [6, 6.07) is 14.7. The average molecular weight is 766 g/mol. The van der Waals surface area contributed by atoms with Crippen molar-refractivity contribution in [1.29, 1.82) is 0 Å². The Labute approximate surface area is 328 Å². The molecule has 2 saturated carbocycles. The second kappa shape index (κ2) is 19.5. The Balaban J connectivity index is 1.13. The van der Waals surface area contributed by atoms with Crippen molar-refractivity contribution in [2.75, 3.05) is 25.0 Å². The smallest absolute Gasteiger partial charge is 0.253 e. The first-order chi connectivity index (χ1) is 27.2. The van der Waals surface area contributed by atoms with E-state index in [0.29, 0.717) is 24.3 Å². The molecule has 6 rings (SSSR count). The van der Waals surface area contributed by atoms with Crippen LogP contribution in [0.4, 0.5) is 5.69 Å². The van der Waals surface area contributed by atoms with E-state index in [1.807, 2.05) is 24.3 Å². The number of carbonyl (C=O) groups is 6. The number of amides is 6. The Bertz CT molecular complexity index is 1870. The van der Waals surface area contributed by atoms with Gasteiger partial charge in [0.15, 0.2) is 0 Å². The van der Waals surface area contributed by atoms with Gasteiger partial charge in [0.25, 0.3) is 5.91 Å². The van der Waals surface area contributed by atoms with Gasteiger partial charge in [-0.3, -0.25) is 33.8 Å². The quantitative estimate of drug-likeness (QED) is 0.205. The van der Waals surface area contributed by atoms with E-state index in [2.05, 4.69) is 36.9 Å². The molecule has 6 amide bonds. The molecule has 2 heterocycles. The molecule has 13 heteroatoms. The molecule has 3 fully saturated rings. The molecule has 1 aromatic heterocycles. The van der Waals surface area contributed by atoms with E-state index in [9.17, 15) is 28.8 Å². The van der Waals surface area contributed by atoms with Crippen LogP contribution in [0.5, 0.6) is 0 Å². The zero-order chi connectivity index (χ0) is 39.3. The molecule has 13 nitrogen and oxygen atoms in total. The average Bonchev–Trinajstić information content (AvgIpc) is 3.65. The summed E-state index contributed by atoms with van der Waals surface area (Å²) in [5, 5.41) is 18.2. The number of para-hydroxylation sites is 1. The zero-order valence-corrected chi connectivity index (χ0v) is 32.1. The standard InChI is InChI=1S/C43H55N7O6/c51-36-25-43(19-7-8-20-43)26-37(52)49-35(41(55)47-28-38(53)45-22-10-2-9-21-44-36)23-29-15-17-33(18-16-29)48-42(56)39(30-11-3-1-4-12-30)50-40(54)32-24-31-13-5-6-14-34(31)46-27-32/h5-6,13-18,24,27,30,35,39H,1-4,7-12,19-23,25-26,28H2,(H,44,51)(H,45,53)(H,47,55)(H,48,56)(H,49,52)(H,50,54)/t35-,39+/m1/s1. The van der Waals surface area contributed by atoms with Gasteiger partial charge in [0.2, 0.25) is 29.5 Å². The van der Waals surface area contributed by atoms with E-state index in [4.69, 9.17) is 0 Å². The highest BCUT2D eigenvalue weighted by atomic mass is 16.2. The van der Waals surface area contributed by atoms with Crippen LogP contribution < -0.4 is 31.9 Å². The fraction of sp³-hybridized carbons (Fsp3) is 0.512. The van der Waals surface area contributed by atoms with Crippen molar-refractivity contribution in [2.24, 2.45) is 11.3 Å². The fourth-order valence-corrected chi connectivity index (χ4v) is 8.44. The van der Waals surface area contributed by atoms with Gasteiger partial charge in [0.1, 0.15) is 12.1 Å². The van der Waals surface area contributed by atoms with Gasteiger partial charge in [-0.05, 0) is 86.1 Å². The van der Waals surface area contributed by atoms with Gasteiger partial charge in [-0.1, -0.05) is 62.4 Å². The third-order valence-corrected chi connectivity index (χ3v) is 11.5. The highest BCUT2D eigenvalue weighted by Crippen LogP contribution is 2.44. The molecule has 1 aliphatic heterocycles. The van der Waals surface area contributed by atoms with Crippen LogP contribution in [0.15, 0.2) is 60.8 Å². The van der Waals surface area contributed by atoms with E-state index in [0.717, 1.165) is 93.5 Å². The monoisotopic (exact) mass is 765 g/mol. The number of aromatic nitrogens is 1. The lowest BCUT2D eigenvalue weighted by Crippen LogP contribution is -2.51. The maximum atomic E-state index is 13.8. The summed E-state index contributed by atoms with van der Waals surface area (Å²) >= 11 is 0. The lowest BCUT2D eigenvalue weighted by atomic mass is 9.78. The third-order valence-electron chi connectivity index (χ3n) is 11.5. The number of hydrogen-bond donors (Lipinski definition) is 6. The predicted octanol–water partition coefficient (Wildman–Crippen LogP) is 4.45. The molecule has 2 atom stereocenters. The number of benzene rings is 2. The molecule has 1 saturated heterocycles. The predicted molar refractivity (Wildman–Crippen MR) is 213 cm³/mol. The van der Waals surface area contributed by atoms with Crippen molar-refractivity contribution in [3.05, 3.63) is 71.9 Å². The zero-order valence-electron chi connectivity index (χ0n) is 32.1. The molecular weight excluding hydrogens is 711 g/mol. The van der Waals surface area contributed by atoms with Gasteiger partial charge in [0.05, 0.1) is 17.6 Å². The van der Waals surface area contributed by atoms with E-state index in [1.165, 1.54) is 6.20 Å². The molecule has 1 spiro atoms. The molecule has 3 aromatic rings. The molecular formula is C43H55N7O6. The van der Waals surface area contributed by atoms with E-state index in [1.54, 1.807) is 30.3 Å². The van der Waals surface area contributed by atoms with Gasteiger partial charge < -0.3 is 31.9 Å². The van der Waals surface area contributed by atoms with Crippen LogP contribution in [-0.2, 0) is 30.4 Å². The summed E-state index contributed by atoms with van der Waals surface area (Å²) < 4.78 is 0. The number of hydrogen-bond acceptors (Lipinski definition) is 7. The highest BCUT2D eigenvalue weighted by molar-refractivity contribution is 6.02. The maximum absolute atomic E-state index is 13.8. The van der Waals surface area contributed by atoms with Crippen LogP contribution in [-0.4, -0.2) is 72.1 Å². The summed E-state index contributed by atoms with van der Waals surface area (Å²) in [5.74, 6) is -1.87. The van der Waals surface area contributed by atoms with Gasteiger partial charge >= 0.3 is 0 Å². The van der Waals surface area contributed by atoms with Crippen LogP contribution in [0.2, 0.25) is 0 Å². The van der Waals surface area contributed by atoms with Gasteiger partial charge in [-0.15, -0.1) is 0 Å². The minimum absolute atomic E-state index is 0.0140. The SMILES string of the molecule is O=C1CNC(=O)[C@@H](Cc2ccc(NC(=O)[C@@H](NC(=O)c3cnc4ccccc4c3)C3CCCCC3)cc2)NC(=O)CC2(CCCC2)CC(=O)NCCCCCN1. The Morgan fingerprint density at radius 2 is 1.45 bits per heavy atom. The number of rotatable bonds is 7. The Kier molecular flexibility index (Phi) is 14.0. The number of carbonyl (C=O) groups excluding carboxylic acids is 6. The molecule has 0 radical (unpaired) electrons. The van der Waals surface area contributed by atoms with Crippen LogP contribution in [0.1, 0.15) is 106 Å².